The molecule has 0 saturated carbocycles. The quantitative estimate of drug-likeness (QED) is 0.386. The molecule has 2 aromatic carbocycles. The molecule has 0 atom stereocenters. The van der Waals surface area contributed by atoms with Crippen molar-refractivity contribution >= 4 is 32.7 Å². The van der Waals surface area contributed by atoms with Crippen LogP contribution in [0.4, 0.5) is 22.9 Å². The summed E-state index contributed by atoms with van der Waals surface area (Å²) in [5, 5.41) is 6.86. The highest BCUT2D eigenvalue weighted by molar-refractivity contribution is 7.91. The van der Waals surface area contributed by atoms with Crippen molar-refractivity contribution in [2.24, 2.45) is 0 Å². The number of hydrogen-bond donors (Lipinski definition) is 2. The molecule has 1 aromatic heterocycles. The normalized spacial score (nSPS) is 15.6. The molecule has 1 fully saturated rings. The van der Waals surface area contributed by atoms with E-state index in [1.54, 1.807) is 20.8 Å². The topological polar surface area (TPSA) is 74.3 Å². The first kappa shape index (κ1) is 26.2. The summed E-state index contributed by atoms with van der Waals surface area (Å²) >= 11 is 0. The Kier molecular flexibility index (Phi) is 7.71. The standard InChI is InChI=1S/C29H38N4O2S/c1-21-19-30-28(32-25-11-9-23(10-12-25)24-13-15-33(5)16-14-24)18-27(21)31-26-8-6-7-22(17-26)20-36(34,35)29(2,3)4/h6-12,17-19,24H,13-16,20H2,1-5H3,(H2,30,31,32). The van der Waals surface area contributed by atoms with E-state index < -0.39 is 14.6 Å². The minimum atomic E-state index is -3.25. The number of rotatable bonds is 7. The third kappa shape index (κ3) is 6.45. The highest BCUT2D eigenvalue weighted by atomic mass is 32.2. The molecule has 0 bridgehead atoms. The maximum Gasteiger partial charge on any atom is 0.159 e. The van der Waals surface area contributed by atoms with Crippen LogP contribution in [0, 0.1) is 6.92 Å². The highest BCUT2D eigenvalue weighted by Crippen LogP contribution is 2.30. The van der Waals surface area contributed by atoms with Gasteiger partial charge in [-0.2, -0.15) is 0 Å². The van der Waals surface area contributed by atoms with E-state index in [4.69, 9.17) is 0 Å². The third-order valence-corrected chi connectivity index (χ3v) is 9.55. The molecule has 4 rings (SSSR count). The van der Waals surface area contributed by atoms with Crippen molar-refractivity contribution in [1.82, 2.24) is 9.88 Å². The van der Waals surface area contributed by atoms with E-state index in [2.05, 4.69) is 51.8 Å². The summed E-state index contributed by atoms with van der Waals surface area (Å²) in [6, 6.07) is 18.3. The molecule has 6 nitrogen and oxygen atoms in total. The van der Waals surface area contributed by atoms with Gasteiger partial charge >= 0.3 is 0 Å². The van der Waals surface area contributed by atoms with E-state index in [0.29, 0.717) is 5.92 Å². The zero-order valence-electron chi connectivity index (χ0n) is 22.0. The maximum atomic E-state index is 12.6. The Morgan fingerprint density at radius 2 is 1.67 bits per heavy atom. The zero-order valence-corrected chi connectivity index (χ0v) is 22.8. The largest absolute Gasteiger partial charge is 0.355 e. The van der Waals surface area contributed by atoms with Gasteiger partial charge in [-0.1, -0.05) is 24.3 Å². The van der Waals surface area contributed by atoms with Crippen LogP contribution in [0.5, 0.6) is 0 Å². The molecule has 0 spiro atoms. The Morgan fingerprint density at radius 3 is 2.33 bits per heavy atom. The predicted molar refractivity (Wildman–Crippen MR) is 150 cm³/mol. The molecular formula is C29H38N4O2S. The lowest BCUT2D eigenvalue weighted by molar-refractivity contribution is 0.255. The number of hydrogen-bond acceptors (Lipinski definition) is 6. The van der Waals surface area contributed by atoms with Gasteiger partial charge in [-0.3, -0.25) is 0 Å². The molecule has 0 amide bonds. The van der Waals surface area contributed by atoms with Gasteiger partial charge in [-0.25, -0.2) is 13.4 Å². The Labute approximate surface area is 216 Å². The fourth-order valence-electron chi connectivity index (χ4n) is 4.39. The summed E-state index contributed by atoms with van der Waals surface area (Å²) in [6.45, 7) is 9.53. The number of piperidine rings is 1. The third-order valence-electron chi connectivity index (χ3n) is 6.97. The fraction of sp³-hybridized carbons (Fsp3) is 0.414. The average Bonchev–Trinajstić information content (AvgIpc) is 2.82. The minimum absolute atomic E-state index is 0.0156. The van der Waals surface area contributed by atoms with Crippen molar-refractivity contribution < 1.29 is 8.42 Å². The smallest absolute Gasteiger partial charge is 0.159 e. The summed E-state index contributed by atoms with van der Waals surface area (Å²) in [4.78, 5) is 6.95. The second-order valence-electron chi connectivity index (χ2n) is 10.9. The first-order valence-corrected chi connectivity index (χ1v) is 14.3. The summed E-state index contributed by atoms with van der Waals surface area (Å²) in [7, 11) is -1.06. The van der Waals surface area contributed by atoms with E-state index >= 15 is 0 Å². The molecule has 0 aliphatic carbocycles. The number of benzene rings is 2. The van der Waals surface area contributed by atoms with Gasteiger partial charge in [0.05, 0.1) is 10.5 Å². The van der Waals surface area contributed by atoms with Gasteiger partial charge < -0.3 is 15.5 Å². The molecule has 192 valence electrons. The summed E-state index contributed by atoms with van der Waals surface area (Å²) in [5.41, 5.74) is 5.95. The second-order valence-corrected chi connectivity index (χ2v) is 13.6. The highest BCUT2D eigenvalue weighted by Gasteiger charge is 2.29. The van der Waals surface area contributed by atoms with E-state index in [9.17, 15) is 8.42 Å². The van der Waals surface area contributed by atoms with Gasteiger partial charge in [-0.15, -0.1) is 0 Å². The number of anilines is 4. The van der Waals surface area contributed by atoms with Gasteiger partial charge in [0.1, 0.15) is 5.82 Å². The number of likely N-dealkylation sites (tertiary alicyclic amines) is 1. The Hall–Kier alpha value is -2.90. The van der Waals surface area contributed by atoms with Gasteiger partial charge in [-0.05, 0) is 108 Å². The lowest BCUT2D eigenvalue weighted by Gasteiger charge is -2.29. The molecule has 2 heterocycles. The fourth-order valence-corrected chi connectivity index (χ4v) is 5.44. The van der Waals surface area contributed by atoms with Crippen LogP contribution in [0.1, 0.15) is 56.2 Å². The van der Waals surface area contributed by atoms with Crippen molar-refractivity contribution in [3.63, 3.8) is 0 Å². The van der Waals surface area contributed by atoms with Crippen molar-refractivity contribution in [2.45, 2.75) is 57.0 Å². The molecule has 2 N–H and O–H groups in total. The van der Waals surface area contributed by atoms with Gasteiger partial charge in [0, 0.05) is 29.3 Å². The Balaban J connectivity index is 1.45. The molecule has 1 aliphatic rings. The predicted octanol–water partition coefficient (Wildman–Crippen LogP) is 6.40. The number of aryl methyl sites for hydroxylation is 1. The molecule has 1 saturated heterocycles. The Morgan fingerprint density at radius 1 is 0.972 bits per heavy atom. The summed E-state index contributed by atoms with van der Waals surface area (Å²) < 4.78 is 24.5. The number of sulfone groups is 1. The molecule has 7 heteroatoms. The van der Waals surface area contributed by atoms with Crippen LogP contribution in [0.2, 0.25) is 0 Å². The zero-order chi connectivity index (χ0) is 25.9. The monoisotopic (exact) mass is 506 g/mol. The summed E-state index contributed by atoms with van der Waals surface area (Å²) in [6.07, 6.45) is 4.26. The average molecular weight is 507 g/mol. The van der Waals surface area contributed by atoms with Crippen molar-refractivity contribution in [2.75, 3.05) is 30.8 Å². The molecule has 3 aromatic rings. The minimum Gasteiger partial charge on any atom is -0.355 e. The molecule has 0 radical (unpaired) electrons. The first-order chi connectivity index (χ1) is 17.0. The van der Waals surface area contributed by atoms with E-state index in [0.717, 1.165) is 47.1 Å². The summed E-state index contributed by atoms with van der Waals surface area (Å²) in [5.74, 6) is 1.40. The maximum absolute atomic E-state index is 12.6. The number of pyridine rings is 1. The SMILES string of the molecule is Cc1cnc(Nc2ccc(C3CCN(C)CC3)cc2)cc1Nc1cccc(CS(=O)(=O)C(C)(C)C)c1. The second kappa shape index (κ2) is 10.6. The van der Waals surface area contributed by atoms with Crippen molar-refractivity contribution in [3.05, 3.63) is 77.5 Å². The lowest BCUT2D eigenvalue weighted by atomic mass is 9.89. The first-order valence-electron chi connectivity index (χ1n) is 12.6. The lowest BCUT2D eigenvalue weighted by Crippen LogP contribution is -2.29. The van der Waals surface area contributed by atoms with E-state index in [1.165, 1.54) is 18.4 Å². The van der Waals surface area contributed by atoms with Gasteiger partial charge in [0.25, 0.3) is 0 Å². The Bertz CT molecular complexity index is 1290. The van der Waals surface area contributed by atoms with Crippen LogP contribution in [0.15, 0.2) is 60.8 Å². The number of nitrogens with one attached hydrogen (secondary N) is 2. The molecule has 1 aliphatic heterocycles. The molecule has 0 unspecified atom stereocenters. The van der Waals surface area contributed by atoms with Crippen LogP contribution >= 0.6 is 0 Å². The number of aromatic nitrogens is 1. The van der Waals surface area contributed by atoms with Crippen LogP contribution < -0.4 is 10.6 Å². The van der Waals surface area contributed by atoms with Crippen molar-refractivity contribution in [3.8, 4) is 0 Å². The van der Waals surface area contributed by atoms with Crippen molar-refractivity contribution in [1.29, 1.82) is 0 Å². The van der Waals surface area contributed by atoms with Crippen LogP contribution in [-0.4, -0.2) is 43.2 Å². The van der Waals surface area contributed by atoms with Crippen LogP contribution in [0.25, 0.3) is 0 Å². The van der Waals surface area contributed by atoms with Gasteiger partial charge in [0.2, 0.25) is 0 Å². The van der Waals surface area contributed by atoms with E-state index in [-0.39, 0.29) is 5.75 Å². The molecular weight excluding hydrogens is 468 g/mol. The van der Waals surface area contributed by atoms with Gasteiger partial charge in [0.15, 0.2) is 9.84 Å². The van der Waals surface area contributed by atoms with Crippen LogP contribution in [-0.2, 0) is 15.6 Å². The molecule has 36 heavy (non-hydrogen) atoms. The number of nitrogens with zero attached hydrogens (tertiary/aromatic N) is 2. The van der Waals surface area contributed by atoms with E-state index in [1.807, 2.05) is 43.5 Å². The van der Waals surface area contributed by atoms with Crippen LogP contribution in [0.3, 0.4) is 0 Å².